The van der Waals surface area contributed by atoms with Crippen molar-refractivity contribution in [1.82, 2.24) is 31.1 Å². The molecule has 2 aliphatic heterocycles. The second kappa shape index (κ2) is 19.7. The summed E-state index contributed by atoms with van der Waals surface area (Å²) in [4.78, 5) is 100. The van der Waals surface area contributed by atoms with Crippen LogP contribution in [0, 0.1) is 5.92 Å². The summed E-state index contributed by atoms with van der Waals surface area (Å²) in [7, 11) is 1.38. The first kappa shape index (κ1) is 45.7. The van der Waals surface area contributed by atoms with Gasteiger partial charge in [-0.05, 0) is 76.6 Å². The quantitative estimate of drug-likeness (QED) is 0.182. The number of rotatable bonds is 6. The molecule has 0 saturated carbocycles. The standard InChI is InChI=1S/C42H56N6O11/c1-9-28-35(51)44-29-19-20-32(50)48(38(29)54)31(22-25-13-11-10-12-14-25)39(55)47(8)30(21-26-15-17-27(49)18-16-26)36(52)45-33(23(2)3)40(56)58-24(4)34(37(53)43-28)46-41(57)59-42(5,6)7/h9-18,23-24,29-34,49-50H,19-22H2,1-8H3,(H,43,53)(H,44,51)(H,45,52)(H,46,57)/b28-9-/t24-,29+,30+,31+,32-,33+,34+/m1/s1. The highest BCUT2D eigenvalue weighted by Gasteiger charge is 2.45. The molecule has 2 aromatic rings. The number of amides is 6. The summed E-state index contributed by atoms with van der Waals surface area (Å²) >= 11 is 0. The fraction of sp³-hybridized carbons (Fsp3) is 0.500. The highest BCUT2D eigenvalue weighted by atomic mass is 16.6. The van der Waals surface area contributed by atoms with Gasteiger partial charge in [-0.2, -0.15) is 0 Å². The van der Waals surface area contributed by atoms with Crippen molar-refractivity contribution in [1.29, 1.82) is 0 Å². The van der Waals surface area contributed by atoms with Crippen LogP contribution in [0.2, 0.25) is 0 Å². The smallest absolute Gasteiger partial charge is 0.408 e. The maximum Gasteiger partial charge on any atom is 0.408 e. The number of hydrogen-bond acceptors (Lipinski definition) is 11. The molecule has 6 amide bonds. The fourth-order valence-electron chi connectivity index (χ4n) is 6.80. The third kappa shape index (κ3) is 12.0. The summed E-state index contributed by atoms with van der Waals surface area (Å²) in [5.41, 5.74) is -0.116. The summed E-state index contributed by atoms with van der Waals surface area (Å²) < 4.78 is 11.1. The number of benzene rings is 2. The molecule has 2 aliphatic rings. The number of carbonyl (C=O) groups excluding carboxylic acids is 7. The lowest BCUT2D eigenvalue weighted by molar-refractivity contribution is -0.165. The molecule has 320 valence electrons. The Bertz CT molecular complexity index is 1900. The SMILES string of the molecule is C/C=C1\NC(=O)[C@@H](NC(=O)OC(C)(C)C)[C@@H](C)OC(=O)[C@H](C(C)C)NC(=O)[C@H](Cc2ccc(O)cc2)N(C)C(=O)[C@H](Cc2ccccc2)N2C(=O)[C@H](CC[C@H]2O)NC1=O. The van der Waals surface area contributed by atoms with Gasteiger partial charge in [0.1, 0.15) is 59.6 Å². The zero-order valence-electron chi connectivity index (χ0n) is 34.7. The summed E-state index contributed by atoms with van der Waals surface area (Å²) in [6.07, 6.45) is -2.86. The Morgan fingerprint density at radius 2 is 1.53 bits per heavy atom. The molecule has 0 aromatic heterocycles. The number of aliphatic hydroxyl groups excluding tert-OH is 1. The molecule has 0 spiro atoms. The number of nitrogens with one attached hydrogen (secondary N) is 4. The molecule has 0 aliphatic carbocycles. The molecule has 2 bridgehead atoms. The Morgan fingerprint density at radius 3 is 2.12 bits per heavy atom. The van der Waals surface area contributed by atoms with E-state index in [0.29, 0.717) is 11.1 Å². The summed E-state index contributed by atoms with van der Waals surface area (Å²) in [6.45, 7) is 10.9. The van der Waals surface area contributed by atoms with Crippen LogP contribution in [0.3, 0.4) is 0 Å². The maximum atomic E-state index is 14.8. The van der Waals surface area contributed by atoms with Crippen LogP contribution in [0.25, 0.3) is 0 Å². The fourth-order valence-corrected chi connectivity index (χ4v) is 6.80. The van der Waals surface area contributed by atoms with Crippen molar-refractivity contribution in [2.75, 3.05) is 7.05 Å². The van der Waals surface area contributed by atoms with Gasteiger partial charge in [-0.1, -0.05) is 62.4 Å². The van der Waals surface area contributed by atoms with Crippen LogP contribution >= 0.6 is 0 Å². The first-order valence-corrected chi connectivity index (χ1v) is 19.6. The lowest BCUT2D eigenvalue weighted by Crippen LogP contribution is -2.64. The van der Waals surface area contributed by atoms with Crippen LogP contribution in [-0.2, 0) is 51.1 Å². The van der Waals surface area contributed by atoms with Crippen LogP contribution in [0.4, 0.5) is 4.79 Å². The number of aliphatic hydroxyl groups is 1. The highest BCUT2D eigenvalue weighted by Crippen LogP contribution is 2.25. The van der Waals surface area contributed by atoms with Gasteiger partial charge in [-0.15, -0.1) is 0 Å². The normalized spacial score (nSPS) is 26.2. The van der Waals surface area contributed by atoms with Gasteiger partial charge < -0.3 is 50.8 Å². The van der Waals surface area contributed by atoms with E-state index < -0.39 is 95.7 Å². The molecule has 0 unspecified atom stereocenters. The maximum absolute atomic E-state index is 14.8. The lowest BCUT2D eigenvalue weighted by atomic mass is 9.95. The number of fused-ring (bicyclic) bond motifs is 2. The van der Waals surface area contributed by atoms with Crippen LogP contribution in [-0.4, -0.2) is 117 Å². The van der Waals surface area contributed by atoms with Crippen molar-refractivity contribution in [2.45, 2.75) is 122 Å². The minimum Gasteiger partial charge on any atom is -0.508 e. The number of nitrogens with zero attached hydrogens (tertiary/aromatic N) is 2. The Hall–Kier alpha value is -5.97. The molecule has 0 radical (unpaired) electrons. The molecule has 2 saturated heterocycles. The number of likely N-dealkylation sites (N-methyl/N-ethyl adjacent to an activating group) is 1. The van der Waals surface area contributed by atoms with Gasteiger partial charge >= 0.3 is 12.1 Å². The Balaban J connectivity index is 1.86. The Morgan fingerprint density at radius 1 is 0.915 bits per heavy atom. The van der Waals surface area contributed by atoms with Gasteiger partial charge in [-0.25, -0.2) is 9.59 Å². The number of carbonyl (C=O) groups is 7. The number of esters is 1. The number of aromatic hydroxyl groups is 1. The van der Waals surface area contributed by atoms with E-state index in [-0.39, 0.29) is 37.1 Å². The van der Waals surface area contributed by atoms with Crippen LogP contribution in [0.5, 0.6) is 5.75 Å². The number of piperidine rings is 1. The minimum atomic E-state index is -1.63. The van der Waals surface area contributed by atoms with Crippen molar-refractivity contribution >= 4 is 41.6 Å². The molecular formula is C42H56N6O11. The van der Waals surface area contributed by atoms with Crippen molar-refractivity contribution in [3.05, 3.63) is 77.5 Å². The zero-order chi connectivity index (χ0) is 43.8. The second-order valence-corrected chi connectivity index (χ2v) is 16.1. The predicted octanol–water partition coefficient (Wildman–Crippen LogP) is 1.80. The van der Waals surface area contributed by atoms with Gasteiger partial charge in [0.05, 0.1) is 0 Å². The van der Waals surface area contributed by atoms with E-state index in [1.807, 2.05) is 0 Å². The molecule has 6 N–H and O–H groups in total. The van der Waals surface area contributed by atoms with Gasteiger partial charge in [0.2, 0.25) is 17.7 Å². The predicted molar refractivity (Wildman–Crippen MR) is 214 cm³/mol. The summed E-state index contributed by atoms with van der Waals surface area (Å²) in [6, 6.07) is 7.80. The van der Waals surface area contributed by atoms with Gasteiger partial charge in [0, 0.05) is 19.9 Å². The first-order valence-electron chi connectivity index (χ1n) is 19.6. The van der Waals surface area contributed by atoms with Crippen molar-refractivity contribution in [3.8, 4) is 5.75 Å². The molecule has 2 heterocycles. The molecule has 59 heavy (non-hydrogen) atoms. The number of allylic oxidation sites excluding steroid dienone is 1. The highest BCUT2D eigenvalue weighted by molar-refractivity contribution is 6.02. The van der Waals surface area contributed by atoms with E-state index in [9.17, 15) is 43.8 Å². The van der Waals surface area contributed by atoms with E-state index >= 15 is 0 Å². The van der Waals surface area contributed by atoms with Crippen LogP contribution in [0.15, 0.2) is 66.4 Å². The van der Waals surface area contributed by atoms with Crippen LogP contribution < -0.4 is 21.3 Å². The van der Waals surface area contributed by atoms with E-state index in [2.05, 4.69) is 21.3 Å². The average molecular weight is 821 g/mol. The van der Waals surface area contributed by atoms with E-state index in [4.69, 9.17) is 9.47 Å². The molecule has 2 aromatic carbocycles. The van der Waals surface area contributed by atoms with Gasteiger partial charge in [0.25, 0.3) is 11.8 Å². The van der Waals surface area contributed by atoms with E-state index in [0.717, 1.165) is 9.80 Å². The van der Waals surface area contributed by atoms with Gasteiger partial charge in [0.15, 0.2) is 0 Å². The molecule has 2 fully saturated rings. The summed E-state index contributed by atoms with van der Waals surface area (Å²) in [5, 5.41) is 31.5. The Kier molecular flexibility index (Phi) is 15.2. The topological polar surface area (TPSA) is 233 Å². The number of hydrogen-bond donors (Lipinski definition) is 6. The number of phenolic OH excluding ortho intramolecular Hbond substituents is 1. The zero-order valence-corrected chi connectivity index (χ0v) is 34.7. The van der Waals surface area contributed by atoms with Crippen molar-refractivity contribution in [2.24, 2.45) is 5.92 Å². The molecule has 7 atom stereocenters. The second-order valence-electron chi connectivity index (χ2n) is 16.1. The van der Waals surface area contributed by atoms with Gasteiger partial charge in [-0.3, -0.25) is 24.0 Å². The monoisotopic (exact) mass is 820 g/mol. The van der Waals surface area contributed by atoms with E-state index in [1.54, 1.807) is 77.1 Å². The first-order chi connectivity index (χ1) is 27.7. The number of ether oxygens (including phenoxy) is 2. The van der Waals surface area contributed by atoms with Crippen molar-refractivity contribution in [3.63, 3.8) is 0 Å². The molecule has 4 rings (SSSR count). The summed E-state index contributed by atoms with van der Waals surface area (Å²) in [5.74, 6) is -5.74. The third-order valence-corrected chi connectivity index (χ3v) is 10.0. The third-order valence-electron chi connectivity index (χ3n) is 10.0. The number of alkyl carbamates (subject to hydrolysis) is 1. The average Bonchev–Trinajstić information content (AvgIpc) is 3.16. The largest absolute Gasteiger partial charge is 0.508 e. The molecular weight excluding hydrogens is 764 g/mol. The number of cyclic esters (lactones) is 1. The van der Waals surface area contributed by atoms with Crippen LogP contribution in [0.1, 0.15) is 72.4 Å². The Labute approximate surface area is 343 Å². The molecule has 17 nitrogen and oxygen atoms in total. The lowest BCUT2D eigenvalue weighted by Gasteiger charge is -2.43. The minimum absolute atomic E-state index is 0.0203. The molecule has 17 heteroatoms. The number of phenols is 1. The van der Waals surface area contributed by atoms with Crippen molar-refractivity contribution < 1.29 is 53.2 Å². The van der Waals surface area contributed by atoms with E-state index in [1.165, 1.54) is 39.1 Å².